The van der Waals surface area contributed by atoms with Crippen molar-refractivity contribution in [1.29, 1.82) is 0 Å². The summed E-state index contributed by atoms with van der Waals surface area (Å²) in [4.78, 5) is 27.1. The number of anilines is 1. The van der Waals surface area contributed by atoms with E-state index in [0.29, 0.717) is 37.6 Å². The molecule has 1 atom stereocenters. The van der Waals surface area contributed by atoms with Gasteiger partial charge in [0.2, 0.25) is 5.91 Å². The molecule has 27 heavy (non-hydrogen) atoms. The summed E-state index contributed by atoms with van der Waals surface area (Å²) >= 11 is 0. The molecule has 144 valence electrons. The van der Waals surface area contributed by atoms with Gasteiger partial charge in [0, 0.05) is 25.4 Å². The van der Waals surface area contributed by atoms with Crippen LogP contribution in [-0.4, -0.2) is 49.6 Å². The lowest BCUT2D eigenvalue weighted by Gasteiger charge is -2.34. The van der Waals surface area contributed by atoms with E-state index in [-0.39, 0.29) is 17.6 Å². The highest BCUT2D eigenvalue weighted by Crippen LogP contribution is 2.23. The number of carbonyl (C=O) groups is 2. The van der Waals surface area contributed by atoms with Crippen molar-refractivity contribution < 1.29 is 23.5 Å². The number of rotatable bonds is 7. The SMILES string of the molecule is COCCOc1cccc(NC(=O)C2CCCCN2C(=O)c2ccco2)c1. The molecule has 1 aliphatic heterocycles. The van der Waals surface area contributed by atoms with Crippen LogP contribution in [0.25, 0.3) is 0 Å². The topological polar surface area (TPSA) is 81.0 Å². The fraction of sp³-hybridized carbons (Fsp3) is 0.400. The lowest BCUT2D eigenvalue weighted by atomic mass is 10.0. The van der Waals surface area contributed by atoms with Gasteiger partial charge >= 0.3 is 0 Å². The maximum Gasteiger partial charge on any atom is 0.290 e. The van der Waals surface area contributed by atoms with Gasteiger partial charge in [-0.3, -0.25) is 9.59 Å². The van der Waals surface area contributed by atoms with Crippen LogP contribution in [0.3, 0.4) is 0 Å². The van der Waals surface area contributed by atoms with Gasteiger partial charge in [-0.25, -0.2) is 0 Å². The molecule has 1 aromatic heterocycles. The van der Waals surface area contributed by atoms with Gasteiger partial charge in [0.15, 0.2) is 5.76 Å². The van der Waals surface area contributed by atoms with Gasteiger partial charge in [-0.2, -0.15) is 0 Å². The maximum atomic E-state index is 12.8. The second-order valence-electron chi connectivity index (χ2n) is 6.35. The highest BCUT2D eigenvalue weighted by molar-refractivity contribution is 6.00. The summed E-state index contributed by atoms with van der Waals surface area (Å²) in [5.41, 5.74) is 0.630. The predicted molar refractivity (Wildman–Crippen MR) is 99.8 cm³/mol. The number of hydrogen-bond donors (Lipinski definition) is 1. The smallest absolute Gasteiger partial charge is 0.290 e. The Labute approximate surface area is 158 Å². The maximum absolute atomic E-state index is 12.8. The number of ether oxygens (including phenoxy) is 2. The summed E-state index contributed by atoms with van der Waals surface area (Å²) in [6, 6.07) is 9.95. The van der Waals surface area contributed by atoms with E-state index in [1.807, 2.05) is 12.1 Å². The summed E-state index contributed by atoms with van der Waals surface area (Å²) in [7, 11) is 1.61. The van der Waals surface area contributed by atoms with Crippen LogP contribution in [0, 0.1) is 0 Å². The first-order valence-corrected chi connectivity index (χ1v) is 9.06. The Balaban J connectivity index is 1.66. The molecule has 1 N–H and O–H groups in total. The molecule has 0 spiro atoms. The molecule has 3 rings (SSSR count). The molecule has 0 saturated carbocycles. The highest BCUT2D eigenvalue weighted by Gasteiger charge is 2.33. The summed E-state index contributed by atoms with van der Waals surface area (Å²) in [6.45, 7) is 1.46. The van der Waals surface area contributed by atoms with Crippen molar-refractivity contribution in [1.82, 2.24) is 4.90 Å². The van der Waals surface area contributed by atoms with Crippen molar-refractivity contribution in [3.63, 3.8) is 0 Å². The minimum Gasteiger partial charge on any atom is -0.491 e. The minimum absolute atomic E-state index is 0.205. The number of methoxy groups -OCH3 is 1. The van der Waals surface area contributed by atoms with Gasteiger partial charge in [0.1, 0.15) is 18.4 Å². The molecule has 7 heteroatoms. The summed E-state index contributed by atoms with van der Waals surface area (Å²) in [5.74, 6) is 0.445. The Kier molecular flexibility index (Phi) is 6.49. The van der Waals surface area contributed by atoms with Gasteiger partial charge in [-0.05, 0) is 43.5 Å². The molecule has 0 aliphatic carbocycles. The normalized spacial score (nSPS) is 16.8. The standard InChI is InChI=1S/C20H24N2O5/c1-25-12-13-26-16-7-4-6-15(14-16)21-19(23)17-8-2-3-10-22(17)20(24)18-9-5-11-27-18/h4-7,9,11,14,17H,2-3,8,10,12-13H2,1H3,(H,21,23). The third kappa shape index (κ3) is 4.89. The summed E-state index contributed by atoms with van der Waals surface area (Å²) in [5, 5.41) is 2.90. The fourth-order valence-electron chi connectivity index (χ4n) is 3.12. The summed E-state index contributed by atoms with van der Waals surface area (Å²) < 4.78 is 15.7. The number of nitrogens with one attached hydrogen (secondary N) is 1. The molecular formula is C20H24N2O5. The first-order valence-electron chi connectivity index (χ1n) is 9.06. The van der Waals surface area contributed by atoms with Crippen molar-refractivity contribution in [2.24, 2.45) is 0 Å². The number of hydrogen-bond acceptors (Lipinski definition) is 5. The van der Waals surface area contributed by atoms with Crippen LogP contribution in [-0.2, 0) is 9.53 Å². The molecule has 1 aromatic carbocycles. The third-order valence-corrected chi connectivity index (χ3v) is 4.46. The van der Waals surface area contributed by atoms with Gasteiger partial charge < -0.3 is 24.1 Å². The van der Waals surface area contributed by atoms with Crippen molar-refractivity contribution in [2.75, 3.05) is 32.2 Å². The predicted octanol–water partition coefficient (Wildman–Crippen LogP) is 2.94. The zero-order valence-corrected chi connectivity index (χ0v) is 15.3. The molecule has 2 heterocycles. The molecule has 2 aromatic rings. The Hall–Kier alpha value is -2.80. The molecule has 1 unspecified atom stereocenters. The molecule has 1 saturated heterocycles. The second-order valence-corrected chi connectivity index (χ2v) is 6.35. The molecular weight excluding hydrogens is 348 g/mol. The minimum atomic E-state index is -0.519. The Morgan fingerprint density at radius 1 is 1.22 bits per heavy atom. The third-order valence-electron chi connectivity index (χ3n) is 4.46. The van der Waals surface area contributed by atoms with E-state index < -0.39 is 6.04 Å². The van der Waals surface area contributed by atoms with Gasteiger partial charge in [0.05, 0.1) is 12.9 Å². The number of carbonyl (C=O) groups excluding carboxylic acids is 2. The van der Waals surface area contributed by atoms with Crippen molar-refractivity contribution in [3.05, 3.63) is 48.4 Å². The van der Waals surface area contributed by atoms with Crippen molar-refractivity contribution >= 4 is 17.5 Å². The number of benzene rings is 1. The van der Waals surface area contributed by atoms with Crippen LogP contribution in [0.15, 0.2) is 47.1 Å². The monoisotopic (exact) mass is 372 g/mol. The number of piperidine rings is 1. The van der Waals surface area contributed by atoms with E-state index in [1.54, 1.807) is 36.3 Å². The van der Waals surface area contributed by atoms with E-state index in [4.69, 9.17) is 13.9 Å². The van der Waals surface area contributed by atoms with E-state index in [1.165, 1.54) is 6.26 Å². The van der Waals surface area contributed by atoms with Gasteiger partial charge in [0.25, 0.3) is 5.91 Å². The lowest BCUT2D eigenvalue weighted by molar-refractivity contribution is -0.121. The van der Waals surface area contributed by atoms with E-state index in [9.17, 15) is 9.59 Å². The Bertz CT molecular complexity index is 759. The molecule has 1 fully saturated rings. The largest absolute Gasteiger partial charge is 0.491 e. The van der Waals surface area contributed by atoms with Crippen LogP contribution in [0.2, 0.25) is 0 Å². The quantitative estimate of drug-likeness (QED) is 0.756. The number of amides is 2. The number of nitrogens with zero attached hydrogens (tertiary/aromatic N) is 1. The fourth-order valence-corrected chi connectivity index (χ4v) is 3.12. The highest BCUT2D eigenvalue weighted by atomic mass is 16.5. The van der Waals surface area contributed by atoms with Gasteiger partial charge in [-0.15, -0.1) is 0 Å². The van der Waals surface area contributed by atoms with E-state index in [0.717, 1.165) is 12.8 Å². The first-order chi connectivity index (χ1) is 13.2. The van der Waals surface area contributed by atoms with E-state index in [2.05, 4.69) is 5.32 Å². The zero-order valence-electron chi connectivity index (χ0n) is 15.3. The van der Waals surface area contributed by atoms with Crippen LogP contribution in [0.1, 0.15) is 29.8 Å². The molecule has 7 nitrogen and oxygen atoms in total. The average Bonchev–Trinajstić information content (AvgIpc) is 3.23. The number of furan rings is 1. The van der Waals surface area contributed by atoms with Crippen LogP contribution in [0.4, 0.5) is 5.69 Å². The Morgan fingerprint density at radius 3 is 2.89 bits per heavy atom. The van der Waals surface area contributed by atoms with E-state index >= 15 is 0 Å². The summed E-state index contributed by atoms with van der Waals surface area (Å²) in [6.07, 6.45) is 3.86. The molecule has 0 radical (unpaired) electrons. The lowest BCUT2D eigenvalue weighted by Crippen LogP contribution is -2.49. The number of likely N-dealkylation sites (tertiary alicyclic amines) is 1. The van der Waals surface area contributed by atoms with Crippen LogP contribution in [0.5, 0.6) is 5.75 Å². The van der Waals surface area contributed by atoms with Crippen molar-refractivity contribution in [2.45, 2.75) is 25.3 Å². The molecule has 0 bridgehead atoms. The molecule has 2 amide bonds. The first kappa shape index (κ1) is 19.0. The van der Waals surface area contributed by atoms with Crippen molar-refractivity contribution in [3.8, 4) is 5.75 Å². The average molecular weight is 372 g/mol. The Morgan fingerprint density at radius 2 is 2.11 bits per heavy atom. The zero-order chi connectivity index (χ0) is 19.1. The second kappa shape index (κ2) is 9.23. The van der Waals surface area contributed by atoms with Gasteiger partial charge in [-0.1, -0.05) is 6.07 Å². The molecule has 1 aliphatic rings. The van der Waals surface area contributed by atoms with Crippen LogP contribution < -0.4 is 10.1 Å². The van der Waals surface area contributed by atoms with Crippen LogP contribution >= 0.6 is 0 Å².